The number of nitrogens with zero attached hydrogens (tertiary/aromatic N) is 3. The van der Waals surface area contributed by atoms with Gasteiger partial charge in [-0.15, -0.1) is 0 Å². The van der Waals surface area contributed by atoms with E-state index in [0.717, 1.165) is 7.11 Å². The number of carbonyl (C=O) groups is 2. The predicted octanol–water partition coefficient (Wildman–Crippen LogP) is 2.05. The molecule has 3 rings (SSSR count). The third kappa shape index (κ3) is 2.78. The molecule has 9 heteroatoms. The summed E-state index contributed by atoms with van der Waals surface area (Å²) in [6, 6.07) is 4.40. The lowest BCUT2D eigenvalue weighted by Gasteiger charge is -2.09. The molecular weight excluding hydrogens is 322 g/mol. The molecule has 1 amide bonds. The van der Waals surface area contributed by atoms with E-state index in [9.17, 15) is 18.4 Å². The molecule has 3 aromatic rings. The van der Waals surface area contributed by atoms with E-state index in [1.54, 1.807) is 12.3 Å². The van der Waals surface area contributed by atoms with Gasteiger partial charge in [0.05, 0.1) is 18.4 Å². The van der Waals surface area contributed by atoms with Crippen LogP contribution in [0.5, 0.6) is 0 Å². The van der Waals surface area contributed by atoms with E-state index < -0.39 is 23.5 Å². The summed E-state index contributed by atoms with van der Waals surface area (Å²) in [4.78, 5) is 27.9. The van der Waals surface area contributed by atoms with E-state index in [1.165, 1.54) is 16.8 Å². The molecule has 1 aromatic carbocycles. The first-order chi connectivity index (χ1) is 11.5. The molecule has 2 heterocycles. The van der Waals surface area contributed by atoms with Gasteiger partial charge in [-0.1, -0.05) is 0 Å². The number of methoxy groups -OCH3 is 1. The highest BCUT2D eigenvalue weighted by atomic mass is 19.2. The smallest absolute Gasteiger partial charge is 0.340 e. The summed E-state index contributed by atoms with van der Waals surface area (Å²) >= 11 is 0. The van der Waals surface area contributed by atoms with Gasteiger partial charge in [0, 0.05) is 24.5 Å². The van der Waals surface area contributed by atoms with E-state index >= 15 is 0 Å². The van der Waals surface area contributed by atoms with Crippen molar-refractivity contribution in [3.8, 4) is 0 Å². The minimum atomic E-state index is -1.23. The van der Waals surface area contributed by atoms with Crippen LogP contribution in [0, 0.1) is 11.6 Å². The van der Waals surface area contributed by atoms with Gasteiger partial charge in [0.25, 0.3) is 5.91 Å². The Labute approximate surface area is 133 Å². The predicted molar refractivity (Wildman–Crippen MR) is 78.6 cm³/mol. The molecule has 0 fully saturated rings. The molecular formula is C15H10F2N4O3. The molecule has 0 unspecified atom stereocenters. The monoisotopic (exact) mass is 332 g/mol. The highest BCUT2D eigenvalue weighted by molar-refractivity contribution is 6.07. The van der Waals surface area contributed by atoms with Gasteiger partial charge in [0.1, 0.15) is 0 Å². The molecule has 0 atom stereocenters. The number of halogens is 2. The normalized spacial score (nSPS) is 10.6. The minimum absolute atomic E-state index is 0.00533. The zero-order valence-electron chi connectivity index (χ0n) is 12.3. The third-order valence-corrected chi connectivity index (χ3v) is 3.18. The number of rotatable bonds is 3. The molecule has 0 spiro atoms. The first-order valence-electron chi connectivity index (χ1n) is 6.68. The standard InChI is InChI=1S/C15H10F2N4O3/c1-24-15(23)8-5-9(16)10(17)6-11(8)19-14(22)12-7-13-18-3-2-4-21(13)20-12/h2-7H,1H3,(H,19,22). The Bertz CT molecular complexity index is 922. The number of benzene rings is 1. The lowest BCUT2D eigenvalue weighted by Crippen LogP contribution is -2.16. The number of hydrogen-bond donors (Lipinski definition) is 1. The SMILES string of the molecule is COC(=O)c1cc(F)c(F)cc1NC(=O)c1cc2ncccn2n1. The highest BCUT2D eigenvalue weighted by Gasteiger charge is 2.20. The van der Waals surface area contributed by atoms with Gasteiger partial charge in [0.15, 0.2) is 23.0 Å². The van der Waals surface area contributed by atoms with Crippen molar-refractivity contribution in [1.82, 2.24) is 14.6 Å². The van der Waals surface area contributed by atoms with Gasteiger partial charge in [-0.2, -0.15) is 5.10 Å². The summed E-state index contributed by atoms with van der Waals surface area (Å²) in [6.07, 6.45) is 3.12. The van der Waals surface area contributed by atoms with Crippen molar-refractivity contribution in [2.24, 2.45) is 0 Å². The van der Waals surface area contributed by atoms with Gasteiger partial charge < -0.3 is 10.1 Å². The largest absolute Gasteiger partial charge is 0.465 e. The molecule has 0 aliphatic carbocycles. The number of esters is 1. The van der Waals surface area contributed by atoms with Crippen LogP contribution < -0.4 is 5.32 Å². The number of aromatic nitrogens is 3. The molecule has 2 aromatic heterocycles. The number of nitrogens with one attached hydrogen (secondary N) is 1. The Morgan fingerprint density at radius 1 is 1.21 bits per heavy atom. The number of ether oxygens (including phenoxy) is 1. The summed E-state index contributed by atoms with van der Waals surface area (Å²) < 4.78 is 32.6. The fraction of sp³-hybridized carbons (Fsp3) is 0.0667. The Balaban J connectivity index is 1.96. The number of fused-ring (bicyclic) bond motifs is 1. The molecule has 0 bridgehead atoms. The van der Waals surface area contributed by atoms with Gasteiger partial charge in [-0.05, 0) is 12.1 Å². The van der Waals surface area contributed by atoms with Crippen molar-refractivity contribution < 1.29 is 23.1 Å². The summed E-state index contributed by atoms with van der Waals surface area (Å²) in [7, 11) is 1.09. The Morgan fingerprint density at radius 3 is 2.67 bits per heavy atom. The molecule has 24 heavy (non-hydrogen) atoms. The number of carbonyl (C=O) groups excluding carboxylic acids is 2. The lowest BCUT2D eigenvalue weighted by molar-refractivity contribution is 0.0601. The summed E-state index contributed by atoms with van der Waals surface area (Å²) in [5, 5.41) is 6.32. The zero-order chi connectivity index (χ0) is 17.3. The van der Waals surface area contributed by atoms with Crippen LogP contribution in [-0.2, 0) is 4.74 Å². The number of anilines is 1. The van der Waals surface area contributed by atoms with Crippen molar-refractivity contribution in [2.45, 2.75) is 0 Å². The molecule has 0 radical (unpaired) electrons. The lowest BCUT2D eigenvalue weighted by atomic mass is 10.1. The Morgan fingerprint density at radius 2 is 1.96 bits per heavy atom. The second-order valence-electron chi connectivity index (χ2n) is 4.71. The second kappa shape index (κ2) is 6.03. The van der Waals surface area contributed by atoms with Crippen molar-refractivity contribution in [1.29, 1.82) is 0 Å². The maximum Gasteiger partial charge on any atom is 0.340 e. The van der Waals surface area contributed by atoms with Crippen molar-refractivity contribution in [3.05, 3.63) is 59.6 Å². The molecule has 122 valence electrons. The van der Waals surface area contributed by atoms with Crippen LogP contribution in [0.4, 0.5) is 14.5 Å². The maximum atomic E-state index is 13.4. The Kier molecular flexibility index (Phi) is 3.90. The van der Waals surface area contributed by atoms with E-state index in [-0.39, 0.29) is 16.9 Å². The van der Waals surface area contributed by atoms with Crippen LogP contribution in [0.3, 0.4) is 0 Å². The van der Waals surface area contributed by atoms with Gasteiger partial charge in [-0.3, -0.25) is 4.79 Å². The van der Waals surface area contributed by atoms with E-state index in [4.69, 9.17) is 0 Å². The van der Waals surface area contributed by atoms with Crippen LogP contribution >= 0.6 is 0 Å². The summed E-state index contributed by atoms with van der Waals surface area (Å²) in [5.74, 6) is -4.07. The minimum Gasteiger partial charge on any atom is -0.465 e. The van der Waals surface area contributed by atoms with Crippen molar-refractivity contribution in [2.75, 3.05) is 12.4 Å². The molecule has 0 saturated carbocycles. The van der Waals surface area contributed by atoms with Crippen LogP contribution in [-0.4, -0.2) is 33.6 Å². The van der Waals surface area contributed by atoms with E-state index in [2.05, 4.69) is 20.1 Å². The van der Waals surface area contributed by atoms with E-state index in [0.29, 0.717) is 17.8 Å². The van der Waals surface area contributed by atoms with Crippen LogP contribution in [0.25, 0.3) is 5.65 Å². The first kappa shape index (κ1) is 15.5. The Hall–Kier alpha value is -3.36. The van der Waals surface area contributed by atoms with Crippen molar-refractivity contribution >= 4 is 23.2 Å². The second-order valence-corrected chi connectivity index (χ2v) is 4.71. The quantitative estimate of drug-likeness (QED) is 0.742. The molecule has 7 nitrogen and oxygen atoms in total. The van der Waals surface area contributed by atoms with Crippen LogP contribution in [0.2, 0.25) is 0 Å². The van der Waals surface area contributed by atoms with Crippen LogP contribution in [0.15, 0.2) is 36.7 Å². The van der Waals surface area contributed by atoms with Crippen molar-refractivity contribution in [3.63, 3.8) is 0 Å². The molecule has 0 aliphatic heterocycles. The fourth-order valence-corrected chi connectivity index (χ4v) is 2.06. The summed E-state index contributed by atoms with van der Waals surface area (Å²) in [5.41, 5.74) is -0.113. The fourth-order valence-electron chi connectivity index (χ4n) is 2.06. The van der Waals surface area contributed by atoms with Crippen LogP contribution in [0.1, 0.15) is 20.8 Å². The van der Waals surface area contributed by atoms with Gasteiger partial charge in [-0.25, -0.2) is 23.1 Å². The van der Waals surface area contributed by atoms with Gasteiger partial charge >= 0.3 is 5.97 Å². The number of amides is 1. The van der Waals surface area contributed by atoms with Gasteiger partial charge in [0.2, 0.25) is 0 Å². The molecule has 0 aliphatic rings. The first-order valence-corrected chi connectivity index (χ1v) is 6.68. The maximum absolute atomic E-state index is 13.4. The molecule has 0 saturated heterocycles. The summed E-state index contributed by atoms with van der Waals surface area (Å²) in [6.45, 7) is 0. The average molecular weight is 332 g/mol. The average Bonchev–Trinajstić information content (AvgIpc) is 3.01. The third-order valence-electron chi connectivity index (χ3n) is 3.18. The molecule has 1 N–H and O–H groups in total. The number of hydrogen-bond acceptors (Lipinski definition) is 5. The highest BCUT2D eigenvalue weighted by Crippen LogP contribution is 2.21. The topological polar surface area (TPSA) is 85.6 Å². The zero-order valence-corrected chi connectivity index (χ0v) is 12.3. The van der Waals surface area contributed by atoms with E-state index in [1.807, 2.05) is 0 Å².